The number of halogens is 3. The zero-order chi connectivity index (χ0) is 23.7. The van der Waals surface area contributed by atoms with Gasteiger partial charge in [-0.2, -0.15) is 13.2 Å². The molecule has 0 aliphatic heterocycles. The smallest absolute Gasteiger partial charge is 0.398 e. The molecule has 0 aromatic heterocycles. The number of sulfone groups is 1. The van der Waals surface area contributed by atoms with E-state index in [-0.39, 0.29) is 38.0 Å². The highest BCUT2D eigenvalue weighted by atomic mass is 32.2. The molecule has 32 heavy (non-hydrogen) atoms. The molecule has 0 aliphatic carbocycles. The maximum atomic E-state index is 13.0. The van der Waals surface area contributed by atoms with E-state index in [0.29, 0.717) is 0 Å². The van der Waals surface area contributed by atoms with Gasteiger partial charge in [0.15, 0.2) is 20.8 Å². The van der Waals surface area contributed by atoms with Gasteiger partial charge in [-0.05, 0) is 42.5 Å². The van der Waals surface area contributed by atoms with Crippen molar-refractivity contribution in [1.82, 2.24) is 0 Å². The van der Waals surface area contributed by atoms with Gasteiger partial charge in [0.25, 0.3) is 0 Å². The third-order valence-electron chi connectivity index (χ3n) is 4.46. The molecule has 6 nitrogen and oxygen atoms in total. The maximum Gasteiger partial charge on any atom is 0.416 e. The Morgan fingerprint density at radius 2 is 1.72 bits per heavy atom. The van der Waals surface area contributed by atoms with Crippen molar-refractivity contribution >= 4 is 37.9 Å². The molecule has 0 heterocycles. The molecular weight excluding hydrogens is 463 g/mol. The Morgan fingerprint density at radius 3 is 2.38 bits per heavy atom. The van der Waals surface area contributed by atoms with Crippen LogP contribution in [0.2, 0.25) is 0 Å². The highest BCUT2D eigenvalue weighted by Gasteiger charge is 2.30. The Bertz CT molecular complexity index is 1320. The largest absolute Gasteiger partial charge is 0.416 e. The average molecular weight is 482 g/mol. The summed E-state index contributed by atoms with van der Waals surface area (Å²) in [7, 11) is -5.60. The van der Waals surface area contributed by atoms with Crippen molar-refractivity contribution in [1.29, 1.82) is 5.41 Å². The van der Waals surface area contributed by atoms with Gasteiger partial charge in [0.2, 0.25) is 0 Å². The first-order valence-corrected chi connectivity index (χ1v) is 12.1. The van der Waals surface area contributed by atoms with E-state index >= 15 is 0 Å². The first-order valence-electron chi connectivity index (χ1n) is 9.01. The molecule has 0 fully saturated rings. The predicted octanol–water partition coefficient (Wildman–Crippen LogP) is 4.24. The van der Waals surface area contributed by atoms with Crippen LogP contribution in [0.25, 0.3) is 0 Å². The van der Waals surface area contributed by atoms with Crippen molar-refractivity contribution in [3.8, 4) is 0 Å². The van der Waals surface area contributed by atoms with Crippen LogP contribution in [-0.4, -0.2) is 24.6 Å². The van der Waals surface area contributed by atoms with Crippen molar-refractivity contribution < 1.29 is 25.8 Å². The second-order valence-electron chi connectivity index (χ2n) is 6.85. The summed E-state index contributed by atoms with van der Waals surface area (Å²) in [5.74, 6) is 0. The molecule has 3 aromatic rings. The third kappa shape index (κ3) is 5.17. The van der Waals surface area contributed by atoms with Crippen molar-refractivity contribution in [2.45, 2.75) is 16.0 Å². The van der Waals surface area contributed by atoms with Gasteiger partial charge in [-0.3, -0.25) is 5.41 Å². The zero-order valence-electron chi connectivity index (χ0n) is 16.6. The lowest BCUT2D eigenvalue weighted by molar-refractivity contribution is -0.137. The van der Waals surface area contributed by atoms with Crippen LogP contribution >= 0.6 is 0 Å². The molecule has 0 spiro atoms. The first kappa shape index (κ1) is 23.5. The molecule has 11 heteroatoms. The zero-order valence-corrected chi connectivity index (χ0v) is 18.2. The van der Waals surface area contributed by atoms with Gasteiger partial charge in [0, 0.05) is 28.8 Å². The van der Waals surface area contributed by atoms with Crippen LogP contribution in [0.5, 0.6) is 0 Å². The number of nitrogen functional groups attached to an aromatic ring is 1. The maximum absolute atomic E-state index is 13.0. The van der Waals surface area contributed by atoms with Crippen molar-refractivity contribution in [3.63, 3.8) is 0 Å². The molecule has 0 radical (unpaired) electrons. The van der Waals surface area contributed by atoms with Gasteiger partial charge in [-0.15, -0.1) is 0 Å². The van der Waals surface area contributed by atoms with Gasteiger partial charge in [-0.1, -0.05) is 24.3 Å². The molecule has 3 rings (SSSR count). The molecule has 0 saturated heterocycles. The van der Waals surface area contributed by atoms with E-state index in [9.17, 15) is 25.8 Å². The minimum Gasteiger partial charge on any atom is -0.398 e. The molecule has 1 atom stereocenters. The van der Waals surface area contributed by atoms with Crippen LogP contribution in [0.3, 0.4) is 0 Å². The lowest BCUT2D eigenvalue weighted by atomic mass is 9.98. The van der Waals surface area contributed by atoms with Gasteiger partial charge in [-0.25, -0.2) is 12.6 Å². The first-order chi connectivity index (χ1) is 14.9. The number of alkyl halides is 3. The van der Waals surface area contributed by atoms with Gasteiger partial charge >= 0.3 is 6.18 Å². The van der Waals surface area contributed by atoms with Crippen molar-refractivity contribution in [2.24, 2.45) is 0 Å². The lowest BCUT2D eigenvalue weighted by Crippen LogP contribution is -2.12. The molecule has 1 unspecified atom stereocenters. The topological polar surface area (TPSA) is 113 Å². The van der Waals surface area contributed by atoms with E-state index in [4.69, 9.17) is 11.1 Å². The molecule has 4 N–H and O–H groups in total. The number of rotatable bonds is 6. The van der Waals surface area contributed by atoms with Crippen LogP contribution in [0.4, 0.5) is 24.5 Å². The number of nitrogens with one attached hydrogen (secondary N) is 2. The average Bonchev–Trinajstić information content (AvgIpc) is 2.73. The number of hydrogen-bond acceptors (Lipinski definition) is 5. The van der Waals surface area contributed by atoms with Crippen LogP contribution in [0.15, 0.2) is 76.5 Å². The Morgan fingerprint density at radius 1 is 1.03 bits per heavy atom. The number of anilines is 2. The standard InChI is InChI=1S/C21H18F3N3O3S2/c1-32(29,30)19-8-3-2-7-18(19)31(28)27-15-9-10-17(25)16(12-15)20(26)13-5-4-6-14(11-13)21(22,23)24/h2-12,26-27H,25H2,1H3. The Labute approximate surface area is 185 Å². The molecule has 0 saturated carbocycles. The monoisotopic (exact) mass is 481 g/mol. The third-order valence-corrected chi connectivity index (χ3v) is 6.92. The predicted molar refractivity (Wildman–Crippen MR) is 118 cm³/mol. The van der Waals surface area contributed by atoms with E-state index in [1.54, 1.807) is 6.07 Å². The summed E-state index contributed by atoms with van der Waals surface area (Å²) < 4.78 is 78.4. The fourth-order valence-electron chi connectivity index (χ4n) is 2.91. The van der Waals surface area contributed by atoms with Crippen LogP contribution in [0, 0.1) is 5.41 Å². The van der Waals surface area contributed by atoms with Crippen LogP contribution < -0.4 is 10.5 Å². The second-order valence-corrected chi connectivity index (χ2v) is 10.0. The Balaban J connectivity index is 1.94. The summed E-state index contributed by atoms with van der Waals surface area (Å²) in [5, 5.41) is 8.34. The van der Waals surface area contributed by atoms with E-state index in [1.807, 2.05) is 0 Å². The normalized spacial score (nSPS) is 12.9. The lowest BCUT2D eigenvalue weighted by Gasteiger charge is -2.14. The molecular formula is C21H18F3N3O3S2. The quantitative estimate of drug-likeness (QED) is 0.361. The van der Waals surface area contributed by atoms with Gasteiger partial charge in [0.05, 0.1) is 21.1 Å². The number of nitrogens with two attached hydrogens (primary N) is 1. The van der Waals surface area contributed by atoms with Crippen LogP contribution in [-0.2, 0) is 27.0 Å². The SMILES string of the molecule is CS(=O)(=O)c1ccccc1S(=O)Nc1ccc(N)c(C(=N)c2cccc(C(F)(F)F)c2)c1. The van der Waals surface area contributed by atoms with E-state index in [0.717, 1.165) is 18.4 Å². The minimum atomic E-state index is -4.56. The summed E-state index contributed by atoms with van der Waals surface area (Å²) >= 11 is 0. The summed E-state index contributed by atoms with van der Waals surface area (Å²) in [6, 6.07) is 14.4. The van der Waals surface area contributed by atoms with E-state index < -0.39 is 32.6 Å². The fourth-order valence-corrected chi connectivity index (χ4v) is 5.26. The number of hydrogen-bond donors (Lipinski definition) is 3. The van der Waals surface area contributed by atoms with Crippen molar-refractivity contribution in [3.05, 3.63) is 83.4 Å². The minimum absolute atomic E-state index is 0.00668. The Kier molecular flexibility index (Phi) is 6.42. The molecule has 3 aromatic carbocycles. The van der Waals surface area contributed by atoms with E-state index in [1.165, 1.54) is 48.5 Å². The highest BCUT2D eigenvalue weighted by molar-refractivity contribution is 7.92. The Hall–Kier alpha value is -3.18. The van der Waals surface area contributed by atoms with Gasteiger partial charge < -0.3 is 10.5 Å². The summed E-state index contributed by atoms with van der Waals surface area (Å²) in [6.07, 6.45) is -3.56. The fraction of sp³-hybridized carbons (Fsp3) is 0.0952. The number of benzene rings is 3. The van der Waals surface area contributed by atoms with E-state index in [2.05, 4.69) is 4.72 Å². The summed E-state index contributed by atoms with van der Waals surface area (Å²) in [6.45, 7) is 0. The molecule has 0 amide bonds. The second kappa shape index (κ2) is 8.75. The summed E-state index contributed by atoms with van der Waals surface area (Å²) in [5.41, 5.74) is 5.30. The molecule has 0 aliphatic rings. The highest BCUT2D eigenvalue weighted by Crippen LogP contribution is 2.31. The van der Waals surface area contributed by atoms with Gasteiger partial charge in [0.1, 0.15) is 0 Å². The summed E-state index contributed by atoms with van der Waals surface area (Å²) in [4.78, 5) is -0.0560. The molecule has 168 valence electrons. The van der Waals surface area contributed by atoms with Crippen LogP contribution in [0.1, 0.15) is 16.7 Å². The molecule has 0 bridgehead atoms. The van der Waals surface area contributed by atoms with Crippen molar-refractivity contribution in [2.75, 3.05) is 16.7 Å².